The number of nitrogens with zero attached hydrogens (tertiary/aromatic N) is 1. The molecule has 2 heterocycles. The van der Waals surface area contributed by atoms with E-state index in [1.165, 1.54) is 30.3 Å². The van der Waals surface area contributed by atoms with Crippen molar-refractivity contribution in [3.8, 4) is 11.3 Å². The van der Waals surface area contributed by atoms with Gasteiger partial charge in [0.25, 0.3) is 5.91 Å². The van der Waals surface area contributed by atoms with Crippen LogP contribution >= 0.6 is 35.6 Å². The second kappa shape index (κ2) is 8.69. The first-order chi connectivity index (χ1) is 15.5. The van der Waals surface area contributed by atoms with Gasteiger partial charge in [0.2, 0.25) is 0 Å². The lowest BCUT2D eigenvalue weighted by atomic mass is 10.1. The quantitative estimate of drug-likeness (QED) is 0.312. The van der Waals surface area contributed by atoms with E-state index in [0.29, 0.717) is 17.0 Å². The van der Waals surface area contributed by atoms with Crippen molar-refractivity contribution >= 4 is 63.5 Å². The van der Waals surface area contributed by atoms with Crippen LogP contribution in [-0.2, 0) is 11.0 Å². The highest BCUT2D eigenvalue weighted by atomic mass is 35.5. The number of carboxylic acids is 1. The topological polar surface area (TPSA) is 73.4 Å². The number of halogens is 4. The maximum absolute atomic E-state index is 13.0. The van der Waals surface area contributed by atoms with Gasteiger partial charge in [-0.05, 0) is 54.1 Å². The molecule has 1 fully saturated rings. The zero-order chi connectivity index (χ0) is 23.9. The Morgan fingerprint density at radius 3 is 2.61 bits per heavy atom. The molecule has 0 unspecified atom stereocenters. The fraction of sp³-hybridized carbons (Fsp3) is 0.0455. The van der Waals surface area contributed by atoms with Gasteiger partial charge < -0.3 is 10.1 Å². The van der Waals surface area contributed by atoms with Gasteiger partial charge in [0.05, 0.1) is 26.7 Å². The van der Waals surface area contributed by atoms with Gasteiger partial charge in [0.15, 0.2) is 4.32 Å². The van der Waals surface area contributed by atoms with Crippen LogP contribution in [0.5, 0.6) is 0 Å². The Hall–Kier alpha value is -3.08. The Morgan fingerprint density at radius 2 is 1.91 bits per heavy atom. The van der Waals surface area contributed by atoms with E-state index in [4.69, 9.17) is 23.8 Å². The van der Waals surface area contributed by atoms with Crippen molar-refractivity contribution in [3.63, 3.8) is 0 Å². The summed E-state index contributed by atoms with van der Waals surface area (Å²) in [5.74, 6) is -1.70. The molecule has 1 aromatic heterocycles. The minimum absolute atomic E-state index is 0.0327. The number of aromatic carboxylic acids is 1. The van der Waals surface area contributed by atoms with Gasteiger partial charge in [-0.15, -0.1) is 0 Å². The number of rotatable bonds is 4. The molecular formula is C22H12ClF3N2O3S2. The average molecular weight is 509 g/mol. The Bertz CT molecular complexity index is 1330. The lowest BCUT2D eigenvalue weighted by Crippen LogP contribution is -2.27. The third-order valence-electron chi connectivity index (χ3n) is 4.73. The Morgan fingerprint density at radius 1 is 1.15 bits per heavy atom. The fourth-order valence-corrected chi connectivity index (χ4v) is 4.66. The number of nitrogens with one attached hydrogen (secondary N) is 1. The van der Waals surface area contributed by atoms with E-state index in [2.05, 4.69) is 4.98 Å². The largest absolute Gasteiger partial charge is 0.478 e. The van der Waals surface area contributed by atoms with Crippen molar-refractivity contribution < 1.29 is 27.9 Å². The zero-order valence-electron chi connectivity index (χ0n) is 16.3. The number of hydrogen-bond acceptors (Lipinski definition) is 4. The highest BCUT2D eigenvalue weighted by Gasteiger charge is 2.36. The van der Waals surface area contributed by atoms with Crippen LogP contribution in [0.25, 0.3) is 17.3 Å². The zero-order valence-corrected chi connectivity index (χ0v) is 18.7. The first kappa shape index (κ1) is 23.1. The Kier molecular flexibility index (Phi) is 6.08. The highest BCUT2D eigenvalue weighted by Crippen LogP contribution is 2.38. The van der Waals surface area contributed by atoms with Crippen LogP contribution in [0.1, 0.15) is 21.6 Å². The van der Waals surface area contributed by atoms with Crippen molar-refractivity contribution in [2.24, 2.45) is 0 Å². The fourth-order valence-electron chi connectivity index (χ4n) is 3.17. The molecule has 168 valence electrons. The van der Waals surface area contributed by atoms with Crippen molar-refractivity contribution in [1.29, 1.82) is 0 Å². The molecule has 0 spiro atoms. The van der Waals surface area contributed by atoms with Gasteiger partial charge in [-0.2, -0.15) is 13.2 Å². The molecule has 2 N–H and O–H groups in total. The molecule has 33 heavy (non-hydrogen) atoms. The summed E-state index contributed by atoms with van der Waals surface area (Å²) < 4.78 is 39.3. The number of carboxylic acid groups (broad SMARTS) is 1. The second-order valence-corrected chi connectivity index (χ2v) is 8.98. The molecule has 1 aliphatic heterocycles. The van der Waals surface area contributed by atoms with Gasteiger partial charge in [0.1, 0.15) is 0 Å². The highest BCUT2D eigenvalue weighted by molar-refractivity contribution is 8.27. The van der Waals surface area contributed by atoms with Crippen LogP contribution < -0.4 is 4.90 Å². The van der Waals surface area contributed by atoms with E-state index < -0.39 is 23.6 Å². The number of benzene rings is 2. The average Bonchev–Trinajstić information content (AvgIpc) is 3.32. The molecule has 0 atom stereocenters. The monoisotopic (exact) mass is 508 g/mol. The second-order valence-electron chi connectivity index (χ2n) is 6.89. The van der Waals surface area contributed by atoms with Crippen LogP contribution in [-0.4, -0.2) is 26.3 Å². The number of carbonyl (C=O) groups excluding carboxylic acids is 1. The normalized spacial score (nSPS) is 15.5. The number of thiocarbonyl (C=S) groups is 1. The summed E-state index contributed by atoms with van der Waals surface area (Å²) in [5, 5.41) is 9.35. The minimum atomic E-state index is -4.55. The van der Waals surface area contributed by atoms with E-state index >= 15 is 0 Å². The lowest BCUT2D eigenvalue weighted by molar-refractivity contribution is -0.137. The van der Waals surface area contributed by atoms with E-state index in [-0.39, 0.29) is 25.5 Å². The number of carbonyl (C=O) groups is 2. The molecule has 4 rings (SSSR count). The number of amides is 1. The van der Waals surface area contributed by atoms with Crippen LogP contribution in [0.3, 0.4) is 0 Å². The van der Waals surface area contributed by atoms with E-state index in [1.807, 2.05) is 0 Å². The van der Waals surface area contributed by atoms with Crippen molar-refractivity contribution in [3.05, 3.63) is 81.3 Å². The number of hydrogen-bond donors (Lipinski definition) is 2. The molecule has 1 aliphatic rings. The summed E-state index contributed by atoms with van der Waals surface area (Å²) >= 11 is 12.1. The molecule has 0 aliphatic carbocycles. The first-order valence-electron chi connectivity index (χ1n) is 9.22. The Labute approximate surface area is 199 Å². The third kappa shape index (κ3) is 4.68. The summed E-state index contributed by atoms with van der Waals surface area (Å²) in [7, 11) is 0. The predicted octanol–water partition coefficient (Wildman–Crippen LogP) is 6.46. The molecule has 5 nitrogen and oxygen atoms in total. The number of thioether (sulfide) groups is 1. The summed E-state index contributed by atoms with van der Waals surface area (Å²) in [6, 6.07) is 12.3. The van der Waals surface area contributed by atoms with Gasteiger partial charge >= 0.3 is 12.1 Å². The van der Waals surface area contributed by atoms with Gasteiger partial charge in [0, 0.05) is 11.4 Å². The van der Waals surface area contributed by atoms with E-state index in [9.17, 15) is 27.9 Å². The summed E-state index contributed by atoms with van der Waals surface area (Å²) in [6.45, 7) is 0. The molecule has 0 radical (unpaired) electrons. The van der Waals surface area contributed by atoms with Gasteiger partial charge in [-0.1, -0.05) is 47.7 Å². The number of aromatic nitrogens is 1. The summed E-state index contributed by atoms with van der Waals surface area (Å²) in [6.07, 6.45) is -3.01. The molecule has 0 bridgehead atoms. The van der Waals surface area contributed by atoms with Crippen LogP contribution in [0.2, 0.25) is 5.02 Å². The van der Waals surface area contributed by atoms with Crippen LogP contribution in [0.15, 0.2) is 59.5 Å². The lowest BCUT2D eigenvalue weighted by Gasteiger charge is -2.16. The molecule has 11 heteroatoms. The Balaban J connectivity index is 1.61. The van der Waals surface area contributed by atoms with Gasteiger partial charge in [-0.25, -0.2) is 4.79 Å². The molecular weight excluding hydrogens is 497 g/mol. The summed E-state index contributed by atoms with van der Waals surface area (Å²) in [5.41, 5.74) is 0.802. The standard InChI is InChI=1S/C22H12ClF3N2O3S2/c23-16-6-4-11(8-15(16)20(30)31)17-7-5-13(27-17)10-18-19(29)28(21(32)33-18)14-3-1-2-12(9-14)22(24,25)26/h1-10,27H,(H,30,31)/b18-10-. The maximum Gasteiger partial charge on any atom is 0.416 e. The predicted molar refractivity (Wildman–Crippen MR) is 125 cm³/mol. The molecule has 3 aromatic rings. The first-order valence-corrected chi connectivity index (χ1v) is 10.8. The number of anilines is 1. The van der Waals surface area contributed by atoms with Crippen molar-refractivity contribution in [2.45, 2.75) is 6.18 Å². The third-order valence-corrected chi connectivity index (χ3v) is 6.36. The van der Waals surface area contributed by atoms with Crippen LogP contribution in [0.4, 0.5) is 18.9 Å². The van der Waals surface area contributed by atoms with E-state index in [0.717, 1.165) is 28.8 Å². The van der Waals surface area contributed by atoms with Crippen LogP contribution in [0, 0.1) is 0 Å². The minimum Gasteiger partial charge on any atom is -0.478 e. The number of alkyl halides is 3. The maximum atomic E-state index is 13.0. The van der Waals surface area contributed by atoms with Gasteiger partial charge in [-0.3, -0.25) is 9.69 Å². The van der Waals surface area contributed by atoms with Crippen molar-refractivity contribution in [2.75, 3.05) is 4.90 Å². The molecule has 1 saturated heterocycles. The molecule has 1 amide bonds. The van der Waals surface area contributed by atoms with Crippen molar-refractivity contribution in [1.82, 2.24) is 4.98 Å². The molecule has 2 aromatic carbocycles. The van der Waals surface area contributed by atoms with E-state index in [1.54, 1.807) is 18.2 Å². The number of H-pyrrole nitrogens is 1. The molecule has 0 saturated carbocycles. The number of aromatic amines is 1. The smallest absolute Gasteiger partial charge is 0.416 e. The summed E-state index contributed by atoms with van der Waals surface area (Å²) in [4.78, 5) is 28.6. The SMILES string of the molecule is O=C(O)c1cc(-c2ccc(/C=C3\SC(=S)N(c4cccc(C(F)(F)F)c4)C3=O)[nH]2)ccc1Cl.